The van der Waals surface area contributed by atoms with Crippen LogP contribution in [0.4, 0.5) is 0 Å². The van der Waals surface area contributed by atoms with E-state index < -0.39 is 0 Å². The molecule has 3 N–H and O–H groups in total. The zero-order chi connectivity index (χ0) is 9.68. The SMILES string of the molecule is CN(CCO)C1CCC(CN)CC1. The van der Waals surface area contributed by atoms with Gasteiger partial charge in [0.1, 0.15) is 0 Å². The standard InChI is InChI=1S/C10H22N2O/c1-12(6-7-13)10-4-2-9(8-11)3-5-10/h9-10,13H,2-8,11H2,1H3. The number of rotatable bonds is 4. The van der Waals surface area contributed by atoms with E-state index in [0.29, 0.717) is 6.04 Å². The Bertz CT molecular complexity index is 133. The minimum absolute atomic E-state index is 0.271. The van der Waals surface area contributed by atoms with Gasteiger partial charge < -0.3 is 15.7 Å². The van der Waals surface area contributed by atoms with Gasteiger partial charge in [0.25, 0.3) is 0 Å². The number of nitrogens with two attached hydrogens (primary N) is 1. The lowest BCUT2D eigenvalue weighted by Gasteiger charge is -2.33. The fourth-order valence-electron chi connectivity index (χ4n) is 2.16. The summed E-state index contributed by atoms with van der Waals surface area (Å²) in [4.78, 5) is 2.27. The van der Waals surface area contributed by atoms with Crippen LogP contribution in [0.3, 0.4) is 0 Å². The van der Waals surface area contributed by atoms with Crippen LogP contribution in [-0.2, 0) is 0 Å². The van der Waals surface area contributed by atoms with E-state index in [-0.39, 0.29) is 6.61 Å². The molecule has 0 aromatic carbocycles. The Hall–Kier alpha value is -0.120. The Morgan fingerprint density at radius 2 is 1.92 bits per heavy atom. The van der Waals surface area contributed by atoms with Crippen molar-refractivity contribution >= 4 is 0 Å². The molecule has 1 fully saturated rings. The van der Waals surface area contributed by atoms with E-state index in [1.54, 1.807) is 0 Å². The molecule has 0 heterocycles. The molecule has 1 aliphatic carbocycles. The van der Waals surface area contributed by atoms with Gasteiger partial charge >= 0.3 is 0 Å². The zero-order valence-electron chi connectivity index (χ0n) is 8.58. The van der Waals surface area contributed by atoms with Crippen LogP contribution >= 0.6 is 0 Å². The van der Waals surface area contributed by atoms with Crippen LogP contribution in [0.1, 0.15) is 25.7 Å². The van der Waals surface area contributed by atoms with Crippen molar-refractivity contribution in [2.45, 2.75) is 31.7 Å². The number of likely N-dealkylation sites (N-methyl/N-ethyl adjacent to an activating group) is 1. The van der Waals surface area contributed by atoms with E-state index in [2.05, 4.69) is 11.9 Å². The van der Waals surface area contributed by atoms with Crippen molar-refractivity contribution in [1.82, 2.24) is 4.90 Å². The molecule has 0 atom stereocenters. The molecular weight excluding hydrogens is 164 g/mol. The molecular formula is C10H22N2O. The Morgan fingerprint density at radius 3 is 2.38 bits per heavy atom. The summed E-state index contributed by atoms with van der Waals surface area (Å²) in [6.07, 6.45) is 5.02. The van der Waals surface area contributed by atoms with E-state index in [1.807, 2.05) is 0 Å². The molecule has 13 heavy (non-hydrogen) atoms. The molecule has 3 heteroatoms. The van der Waals surface area contributed by atoms with Crippen molar-refractivity contribution in [3.05, 3.63) is 0 Å². The van der Waals surface area contributed by atoms with Gasteiger partial charge in [-0.3, -0.25) is 0 Å². The molecule has 3 nitrogen and oxygen atoms in total. The largest absolute Gasteiger partial charge is 0.395 e. The van der Waals surface area contributed by atoms with Gasteiger partial charge in [-0.2, -0.15) is 0 Å². The van der Waals surface area contributed by atoms with E-state index in [0.717, 1.165) is 19.0 Å². The summed E-state index contributed by atoms with van der Waals surface area (Å²) in [6.45, 7) is 1.92. The first-order chi connectivity index (χ1) is 6.27. The maximum atomic E-state index is 8.80. The Labute approximate surface area is 80.9 Å². The first-order valence-electron chi connectivity index (χ1n) is 5.29. The van der Waals surface area contributed by atoms with Gasteiger partial charge in [-0.25, -0.2) is 0 Å². The van der Waals surface area contributed by atoms with Gasteiger partial charge in [-0.05, 0) is 45.2 Å². The third-order valence-electron chi connectivity index (χ3n) is 3.23. The van der Waals surface area contributed by atoms with Gasteiger partial charge in [0.05, 0.1) is 6.61 Å². The lowest BCUT2D eigenvalue weighted by Crippen LogP contribution is -2.37. The molecule has 0 unspecified atom stereocenters. The maximum absolute atomic E-state index is 8.80. The van der Waals surface area contributed by atoms with Crippen LogP contribution in [0, 0.1) is 5.92 Å². The molecule has 1 saturated carbocycles. The molecule has 78 valence electrons. The van der Waals surface area contributed by atoms with E-state index in [9.17, 15) is 0 Å². The molecule has 1 aliphatic rings. The van der Waals surface area contributed by atoms with Gasteiger partial charge in [-0.1, -0.05) is 0 Å². The quantitative estimate of drug-likeness (QED) is 0.669. The summed E-state index contributed by atoms with van der Waals surface area (Å²) >= 11 is 0. The zero-order valence-corrected chi connectivity index (χ0v) is 8.58. The molecule has 0 saturated heterocycles. The van der Waals surface area contributed by atoms with Crippen LogP contribution in [0.2, 0.25) is 0 Å². The summed E-state index contributed by atoms with van der Waals surface area (Å²) in [5.74, 6) is 0.749. The van der Waals surface area contributed by atoms with Crippen LogP contribution in [0.5, 0.6) is 0 Å². The Morgan fingerprint density at radius 1 is 1.31 bits per heavy atom. The maximum Gasteiger partial charge on any atom is 0.0558 e. The highest BCUT2D eigenvalue weighted by Gasteiger charge is 2.22. The molecule has 0 bridgehead atoms. The first-order valence-corrected chi connectivity index (χ1v) is 5.29. The molecule has 0 amide bonds. The fourth-order valence-corrected chi connectivity index (χ4v) is 2.16. The second-order valence-corrected chi connectivity index (χ2v) is 4.11. The number of nitrogens with zero attached hydrogens (tertiary/aromatic N) is 1. The highest BCUT2D eigenvalue weighted by atomic mass is 16.3. The fraction of sp³-hybridized carbons (Fsp3) is 1.00. The smallest absolute Gasteiger partial charge is 0.0558 e. The molecule has 0 aromatic rings. The Kier molecular flexibility index (Phi) is 4.70. The predicted octanol–water partition coefficient (Wildman–Crippen LogP) is 0.428. The van der Waals surface area contributed by atoms with E-state index >= 15 is 0 Å². The third-order valence-corrected chi connectivity index (χ3v) is 3.23. The van der Waals surface area contributed by atoms with Crippen LogP contribution < -0.4 is 5.73 Å². The molecule has 0 aliphatic heterocycles. The summed E-state index contributed by atoms with van der Waals surface area (Å²) < 4.78 is 0. The van der Waals surface area contributed by atoms with Crippen molar-refractivity contribution in [2.24, 2.45) is 11.7 Å². The van der Waals surface area contributed by atoms with Crippen molar-refractivity contribution in [2.75, 3.05) is 26.7 Å². The molecule has 1 rings (SSSR count). The van der Waals surface area contributed by atoms with Crippen molar-refractivity contribution in [3.63, 3.8) is 0 Å². The van der Waals surface area contributed by atoms with Crippen LogP contribution in [0.25, 0.3) is 0 Å². The average molecular weight is 186 g/mol. The first kappa shape index (κ1) is 11.0. The minimum atomic E-state index is 0.271. The lowest BCUT2D eigenvalue weighted by atomic mass is 9.85. The number of hydrogen-bond acceptors (Lipinski definition) is 3. The number of aliphatic hydroxyl groups is 1. The second kappa shape index (κ2) is 5.58. The predicted molar refractivity (Wildman–Crippen MR) is 54.5 cm³/mol. The van der Waals surface area contributed by atoms with Gasteiger partial charge in [0, 0.05) is 12.6 Å². The molecule has 0 aromatic heterocycles. The number of hydrogen-bond donors (Lipinski definition) is 2. The third kappa shape index (κ3) is 3.25. The summed E-state index contributed by atoms with van der Waals surface area (Å²) in [6, 6.07) is 0.676. The summed E-state index contributed by atoms with van der Waals surface area (Å²) in [5.41, 5.74) is 5.63. The van der Waals surface area contributed by atoms with Gasteiger partial charge in [-0.15, -0.1) is 0 Å². The van der Waals surface area contributed by atoms with Gasteiger partial charge in [0.15, 0.2) is 0 Å². The lowest BCUT2D eigenvalue weighted by molar-refractivity contribution is 0.137. The second-order valence-electron chi connectivity index (χ2n) is 4.11. The average Bonchev–Trinajstić information content (AvgIpc) is 2.18. The van der Waals surface area contributed by atoms with Gasteiger partial charge in [0.2, 0.25) is 0 Å². The monoisotopic (exact) mass is 186 g/mol. The van der Waals surface area contributed by atoms with E-state index in [1.165, 1.54) is 25.7 Å². The van der Waals surface area contributed by atoms with E-state index in [4.69, 9.17) is 10.8 Å². The van der Waals surface area contributed by atoms with Crippen molar-refractivity contribution in [3.8, 4) is 0 Å². The highest BCUT2D eigenvalue weighted by molar-refractivity contribution is 4.78. The van der Waals surface area contributed by atoms with Crippen LogP contribution in [-0.4, -0.2) is 42.8 Å². The normalized spacial score (nSPS) is 29.5. The number of aliphatic hydroxyl groups excluding tert-OH is 1. The summed E-state index contributed by atoms with van der Waals surface area (Å²) in [7, 11) is 2.10. The van der Waals surface area contributed by atoms with Crippen LogP contribution in [0.15, 0.2) is 0 Å². The van der Waals surface area contributed by atoms with Crippen molar-refractivity contribution < 1.29 is 5.11 Å². The highest BCUT2D eigenvalue weighted by Crippen LogP contribution is 2.25. The van der Waals surface area contributed by atoms with Crippen molar-refractivity contribution in [1.29, 1.82) is 0 Å². The summed E-state index contributed by atoms with van der Waals surface area (Å²) in [5, 5.41) is 8.80. The molecule has 0 spiro atoms. The minimum Gasteiger partial charge on any atom is -0.395 e. The Balaban J connectivity index is 2.23. The molecule has 0 radical (unpaired) electrons. The topological polar surface area (TPSA) is 49.5 Å².